The van der Waals surface area contributed by atoms with Gasteiger partial charge in [0.25, 0.3) is 5.91 Å². The molecule has 0 saturated carbocycles. The molecule has 5 heterocycles. The van der Waals surface area contributed by atoms with Crippen molar-refractivity contribution in [1.29, 1.82) is 0 Å². The maximum atomic E-state index is 13.7. The molecule has 3 amide bonds. The lowest BCUT2D eigenvalue weighted by atomic mass is 10.1. The van der Waals surface area contributed by atoms with E-state index in [1.54, 1.807) is 6.07 Å². The number of rotatable bonds is 7. The van der Waals surface area contributed by atoms with Gasteiger partial charge in [-0.05, 0) is 85.6 Å². The highest BCUT2D eigenvalue weighted by Crippen LogP contribution is 2.45. The minimum Gasteiger partial charge on any atom is -0.343 e. The predicted molar refractivity (Wildman–Crippen MR) is 180 cm³/mol. The first-order chi connectivity index (χ1) is 22.5. The van der Waals surface area contributed by atoms with E-state index in [1.165, 1.54) is 59.5 Å². The first-order valence-corrected chi connectivity index (χ1v) is 16.2. The number of urea groups is 1. The number of amides is 3. The van der Waals surface area contributed by atoms with Gasteiger partial charge in [-0.3, -0.25) is 9.69 Å². The zero-order chi connectivity index (χ0) is 31.2. The van der Waals surface area contributed by atoms with E-state index >= 15 is 0 Å². The summed E-state index contributed by atoms with van der Waals surface area (Å²) in [5.41, 5.74) is 4.75. The van der Waals surface area contributed by atoms with Crippen LogP contribution in [0.3, 0.4) is 0 Å². The molecule has 2 aliphatic rings. The van der Waals surface area contributed by atoms with Gasteiger partial charge in [0.05, 0.1) is 16.8 Å². The third-order valence-electron chi connectivity index (χ3n) is 8.64. The number of carbonyl (C=O) groups is 2. The summed E-state index contributed by atoms with van der Waals surface area (Å²) in [5.74, 6) is -0.170. The summed E-state index contributed by atoms with van der Waals surface area (Å²) < 4.78 is 15.8. The van der Waals surface area contributed by atoms with Crippen molar-refractivity contribution in [3.8, 4) is 0 Å². The number of piperidine rings is 1. The van der Waals surface area contributed by atoms with Crippen molar-refractivity contribution >= 4 is 67.3 Å². The van der Waals surface area contributed by atoms with Gasteiger partial charge < -0.3 is 15.2 Å². The van der Waals surface area contributed by atoms with Gasteiger partial charge in [-0.25, -0.2) is 24.1 Å². The SMILES string of the molecule is O=C(Nc1ccc(CN2CCCCC2)cc1)c1sc2ncnc3c2c1NC(=O)N3c1ccc2c(ccn2Cc2cccc(F)c2)c1. The highest BCUT2D eigenvalue weighted by atomic mass is 32.1. The van der Waals surface area contributed by atoms with Crippen molar-refractivity contribution < 1.29 is 14.0 Å². The lowest BCUT2D eigenvalue weighted by molar-refractivity contribution is 0.103. The van der Waals surface area contributed by atoms with Crippen molar-refractivity contribution in [2.45, 2.75) is 32.4 Å². The van der Waals surface area contributed by atoms with Crippen LogP contribution in [0.15, 0.2) is 85.3 Å². The van der Waals surface area contributed by atoms with Gasteiger partial charge in [-0.2, -0.15) is 0 Å². The molecular weight excluding hydrogens is 601 g/mol. The van der Waals surface area contributed by atoms with Crippen LogP contribution in [-0.2, 0) is 13.1 Å². The Morgan fingerprint density at radius 2 is 1.78 bits per heavy atom. The molecule has 3 aromatic carbocycles. The smallest absolute Gasteiger partial charge is 0.332 e. The van der Waals surface area contributed by atoms with Gasteiger partial charge in [0.15, 0.2) is 5.82 Å². The summed E-state index contributed by atoms with van der Waals surface area (Å²) in [6.45, 7) is 3.68. The van der Waals surface area contributed by atoms with Crippen molar-refractivity contribution in [3.05, 3.63) is 107 Å². The van der Waals surface area contributed by atoms with E-state index in [4.69, 9.17) is 0 Å². The monoisotopic (exact) mass is 631 g/mol. The van der Waals surface area contributed by atoms with Gasteiger partial charge in [-0.15, -0.1) is 11.3 Å². The Kier molecular flexibility index (Phi) is 7.19. The standard InChI is InChI=1S/C35H30FN7O2S/c36-25-6-4-5-23(17-25)20-42-16-13-24-18-27(11-12-28(24)42)43-32-29-30(40-35(43)45)31(46-34(29)38-21-37-32)33(44)39-26-9-7-22(8-10-26)19-41-14-2-1-3-15-41/h4-13,16-18,21H,1-3,14-15,19-20H2,(H,39,44)(H,40,45). The molecule has 1 fully saturated rings. The van der Waals surface area contributed by atoms with Gasteiger partial charge in [0.1, 0.15) is 21.9 Å². The molecule has 0 bridgehead atoms. The highest BCUT2D eigenvalue weighted by Gasteiger charge is 2.34. The Balaban J connectivity index is 1.05. The van der Waals surface area contributed by atoms with E-state index in [0.29, 0.717) is 44.5 Å². The summed E-state index contributed by atoms with van der Waals surface area (Å²) in [4.78, 5) is 41.0. The fraction of sp³-hybridized carbons (Fsp3) is 0.200. The van der Waals surface area contributed by atoms with Crippen LogP contribution in [0.25, 0.3) is 21.1 Å². The number of thiophene rings is 1. The van der Waals surface area contributed by atoms with Crippen molar-refractivity contribution in [3.63, 3.8) is 0 Å². The fourth-order valence-electron chi connectivity index (χ4n) is 6.42. The number of hydrogen-bond acceptors (Lipinski definition) is 6. The van der Waals surface area contributed by atoms with E-state index in [1.807, 2.05) is 53.2 Å². The Hall–Kier alpha value is -5.13. The number of fused-ring (bicyclic) bond motifs is 1. The van der Waals surface area contributed by atoms with Crippen LogP contribution in [0, 0.1) is 5.82 Å². The first kappa shape index (κ1) is 28.4. The molecule has 9 nitrogen and oxygen atoms in total. The molecule has 0 aliphatic carbocycles. The van der Waals surface area contributed by atoms with Gasteiger partial charge >= 0.3 is 6.03 Å². The Bertz CT molecular complexity index is 2120. The van der Waals surface area contributed by atoms with Crippen LogP contribution < -0.4 is 15.5 Å². The van der Waals surface area contributed by atoms with E-state index < -0.39 is 6.03 Å². The Labute approximate surface area is 268 Å². The number of halogens is 1. The molecule has 11 heteroatoms. The predicted octanol–water partition coefficient (Wildman–Crippen LogP) is 7.76. The third kappa shape index (κ3) is 5.27. The molecule has 8 rings (SSSR count). The molecule has 230 valence electrons. The molecule has 0 atom stereocenters. The second-order valence-corrected chi connectivity index (χ2v) is 12.8. The second kappa shape index (κ2) is 11.7. The average molecular weight is 632 g/mol. The zero-order valence-corrected chi connectivity index (χ0v) is 25.7. The molecular formula is C35H30FN7O2S. The molecule has 2 N–H and O–H groups in total. The number of likely N-dealkylation sites (tertiary alicyclic amines) is 1. The number of hydrogen-bond donors (Lipinski definition) is 2. The number of carbonyl (C=O) groups excluding carboxylic acids is 2. The van der Waals surface area contributed by atoms with Crippen molar-refractivity contribution in [1.82, 2.24) is 19.4 Å². The molecule has 0 unspecified atom stereocenters. The molecule has 3 aromatic heterocycles. The summed E-state index contributed by atoms with van der Waals surface area (Å²) in [6, 6.07) is 21.8. The van der Waals surface area contributed by atoms with Crippen LogP contribution in [0.5, 0.6) is 0 Å². The van der Waals surface area contributed by atoms with Gasteiger partial charge in [-0.1, -0.05) is 30.7 Å². The van der Waals surface area contributed by atoms with Crippen LogP contribution >= 0.6 is 11.3 Å². The molecule has 46 heavy (non-hydrogen) atoms. The second-order valence-electron chi connectivity index (χ2n) is 11.8. The van der Waals surface area contributed by atoms with Crippen LogP contribution in [0.4, 0.5) is 32.1 Å². The van der Waals surface area contributed by atoms with Crippen molar-refractivity contribution in [2.75, 3.05) is 28.6 Å². The minimum absolute atomic E-state index is 0.269. The summed E-state index contributed by atoms with van der Waals surface area (Å²) in [5, 5.41) is 7.48. The van der Waals surface area contributed by atoms with E-state index in [-0.39, 0.29) is 11.7 Å². The normalized spacial score (nSPS) is 15.0. The van der Waals surface area contributed by atoms with Gasteiger partial charge in [0.2, 0.25) is 0 Å². The van der Waals surface area contributed by atoms with Crippen LogP contribution in [0.1, 0.15) is 40.1 Å². The largest absolute Gasteiger partial charge is 0.343 e. The topological polar surface area (TPSA) is 95.4 Å². The molecule has 2 aliphatic heterocycles. The maximum absolute atomic E-state index is 13.7. The zero-order valence-electron chi connectivity index (χ0n) is 24.9. The maximum Gasteiger partial charge on any atom is 0.332 e. The number of nitrogens with zero attached hydrogens (tertiary/aromatic N) is 5. The fourth-order valence-corrected chi connectivity index (χ4v) is 7.41. The quantitative estimate of drug-likeness (QED) is 0.188. The number of benzene rings is 3. The molecule has 0 spiro atoms. The minimum atomic E-state index is -0.416. The summed E-state index contributed by atoms with van der Waals surface area (Å²) in [7, 11) is 0. The summed E-state index contributed by atoms with van der Waals surface area (Å²) >= 11 is 1.22. The van der Waals surface area contributed by atoms with Crippen molar-refractivity contribution in [2.24, 2.45) is 0 Å². The lowest BCUT2D eigenvalue weighted by Crippen LogP contribution is -2.35. The van der Waals surface area contributed by atoms with E-state index in [0.717, 1.165) is 36.1 Å². The van der Waals surface area contributed by atoms with E-state index in [2.05, 4.69) is 37.6 Å². The van der Waals surface area contributed by atoms with Crippen LogP contribution in [0.2, 0.25) is 0 Å². The Morgan fingerprint density at radius 1 is 0.935 bits per heavy atom. The number of aromatic nitrogens is 3. The average Bonchev–Trinajstić information content (AvgIpc) is 3.64. The third-order valence-corrected chi connectivity index (χ3v) is 9.74. The summed E-state index contributed by atoms with van der Waals surface area (Å²) in [6.07, 6.45) is 7.16. The molecule has 6 aromatic rings. The van der Waals surface area contributed by atoms with Gasteiger partial charge in [0, 0.05) is 35.9 Å². The van der Waals surface area contributed by atoms with Crippen LogP contribution in [-0.4, -0.2) is 44.5 Å². The lowest BCUT2D eigenvalue weighted by Gasteiger charge is -2.27. The Morgan fingerprint density at radius 3 is 2.61 bits per heavy atom. The highest BCUT2D eigenvalue weighted by molar-refractivity contribution is 7.21. The van der Waals surface area contributed by atoms with E-state index in [9.17, 15) is 14.0 Å². The number of anilines is 4. The molecule has 0 radical (unpaired) electrons. The molecule has 1 saturated heterocycles. The first-order valence-electron chi connectivity index (χ1n) is 15.3. The number of nitrogens with one attached hydrogen (secondary N) is 2.